The van der Waals surface area contributed by atoms with E-state index in [2.05, 4.69) is 16.0 Å². The first-order valence-electron chi connectivity index (χ1n) is 6.03. The number of amides is 3. The summed E-state index contributed by atoms with van der Waals surface area (Å²) in [6.45, 7) is 5.24. The molecule has 2 rings (SSSR count). The summed E-state index contributed by atoms with van der Waals surface area (Å²) in [5, 5.41) is 8.45. The lowest BCUT2D eigenvalue weighted by atomic mass is 9.97. The van der Waals surface area contributed by atoms with Crippen LogP contribution in [0.3, 0.4) is 0 Å². The van der Waals surface area contributed by atoms with E-state index in [1.54, 1.807) is 13.8 Å². The first-order valence-corrected chi connectivity index (χ1v) is 6.03. The molecular formula is C11H18N4O3. The Morgan fingerprint density at radius 3 is 2.67 bits per heavy atom. The fraction of sp³-hybridized carbons (Fsp3) is 0.727. The fourth-order valence-corrected chi connectivity index (χ4v) is 2.15. The van der Waals surface area contributed by atoms with Crippen LogP contribution in [0.2, 0.25) is 0 Å². The maximum atomic E-state index is 12.4. The van der Waals surface area contributed by atoms with Gasteiger partial charge in [-0.2, -0.15) is 0 Å². The van der Waals surface area contributed by atoms with Gasteiger partial charge in [0.2, 0.25) is 11.8 Å². The van der Waals surface area contributed by atoms with Gasteiger partial charge in [0.05, 0.1) is 6.04 Å². The molecule has 0 aromatic heterocycles. The molecule has 100 valence electrons. The molecule has 7 nitrogen and oxygen atoms in total. The Labute approximate surface area is 105 Å². The number of piperazine rings is 2. The molecule has 0 aliphatic carbocycles. The van der Waals surface area contributed by atoms with Crippen molar-refractivity contribution < 1.29 is 14.4 Å². The number of hydrogen-bond acceptors (Lipinski definition) is 5. The minimum absolute atomic E-state index is 0.0737. The zero-order valence-electron chi connectivity index (χ0n) is 10.6. The standard InChI is InChI=1S/C11H18N4O3/c1-11(2)10(18)14-8(16)6-15(11)9(17)7-5-12-3-4-13-7/h7,12-13H,3-6H2,1-2H3,(H,14,16,18). The van der Waals surface area contributed by atoms with Crippen LogP contribution in [0.25, 0.3) is 0 Å². The third-order valence-corrected chi connectivity index (χ3v) is 3.39. The smallest absolute Gasteiger partial charge is 0.252 e. The Hall–Kier alpha value is -1.47. The molecule has 2 saturated heterocycles. The highest BCUT2D eigenvalue weighted by Crippen LogP contribution is 2.19. The normalized spacial score (nSPS) is 27.9. The van der Waals surface area contributed by atoms with Crippen molar-refractivity contribution in [2.45, 2.75) is 25.4 Å². The average Bonchev–Trinajstić information content (AvgIpc) is 2.34. The van der Waals surface area contributed by atoms with Gasteiger partial charge in [0.1, 0.15) is 12.1 Å². The van der Waals surface area contributed by atoms with Crippen LogP contribution in [0.5, 0.6) is 0 Å². The molecule has 2 fully saturated rings. The molecule has 0 saturated carbocycles. The van der Waals surface area contributed by atoms with E-state index in [1.807, 2.05) is 0 Å². The second kappa shape index (κ2) is 4.66. The van der Waals surface area contributed by atoms with Gasteiger partial charge in [-0.1, -0.05) is 0 Å². The molecule has 7 heteroatoms. The van der Waals surface area contributed by atoms with Gasteiger partial charge in [0.15, 0.2) is 0 Å². The third kappa shape index (κ3) is 2.23. The van der Waals surface area contributed by atoms with Crippen LogP contribution >= 0.6 is 0 Å². The van der Waals surface area contributed by atoms with Crippen LogP contribution in [-0.2, 0) is 14.4 Å². The highest BCUT2D eigenvalue weighted by atomic mass is 16.2. The molecular weight excluding hydrogens is 236 g/mol. The summed E-state index contributed by atoms with van der Waals surface area (Å²) < 4.78 is 0. The van der Waals surface area contributed by atoms with Crippen molar-refractivity contribution in [3.8, 4) is 0 Å². The molecule has 1 atom stereocenters. The molecule has 0 spiro atoms. The van der Waals surface area contributed by atoms with Crippen molar-refractivity contribution in [2.24, 2.45) is 0 Å². The third-order valence-electron chi connectivity index (χ3n) is 3.39. The molecule has 18 heavy (non-hydrogen) atoms. The van der Waals surface area contributed by atoms with E-state index < -0.39 is 17.4 Å². The van der Waals surface area contributed by atoms with E-state index >= 15 is 0 Å². The lowest BCUT2D eigenvalue weighted by Gasteiger charge is -2.42. The van der Waals surface area contributed by atoms with Crippen molar-refractivity contribution in [3.63, 3.8) is 0 Å². The Morgan fingerprint density at radius 1 is 1.33 bits per heavy atom. The predicted molar refractivity (Wildman–Crippen MR) is 63.6 cm³/mol. The quantitative estimate of drug-likeness (QED) is 0.463. The zero-order valence-corrected chi connectivity index (χ0v) is 10.6. The molecule has 2 aliphatic rings. The van der Waals surface area contributed by atoms with Crippen LogP contribution in [0.15, 0.2) is 0 Å². The summed E-state index contributed by atoms with van der Waals surface area (Å²) >= 11 is 0. The van der Waals surface area contributed by atoms with Crippen molar-refractivity contribution in [1.29, 1.82) is 0 Å². The van der Waals surface area contributed by atoms with E-state index in [0.29, 0.717) is 13.1 Å². The van der Waals surface area contributed by atoms with E-state index in [4.69, 9.17) is 0 Å². The first-order chi connectivity index (χ1) is 8.43. The van der Waals surface area contributed by atoms with Crippen molar-refractivity contribution in [1.82, 2.24) is 20.9 Å². The molecule has 1 unspecified atom stereocenters. The van der Waals surface area contributed by atoms with Gasteiger partial charge in [-0.05, 0) is 13.8 Å². The Morgan fingerprint density at radius 2 is 2.06 bits per heavy atom. The van der Waals surface area contributed by atoms with Gasteiger partial charge in [-0.25, -0.2) is 0 Å². The number of nitrogens with one attached hydrogen (secondary N) is 3. The molecule has 2 heterocycles. The second-order valence-corrected chi connectivity index (χ2v) is 5.07. The Kier molecular flexibility index (Phi) is 3.36. The fourth-order valence-electron chi connectivity index (χ4n) is 2.15. The van der Waals surface area contributed by atoms with Gasteiger partial charge in [-0.15, -0.1) is 0 Å². The topological polar surface area (TPSA) is 90.5 Å². The second-order valence-electron chi connectivity index (χ2n) is 5.07. The number of rotatable bonds is 1. The van der Waals surface area contributed by atoms with Gasteiger partial charge in [0, 0.05) is 19.6 Å². The molecule has 0 bridgehead atoms. The Bertz CT molecular complexity index is 388. The lowest BCUT2D eigenvalue weighted by Crippen LogP contribution is -2.69. The zero-order chi connectivity index (χ0) is 13.3. The summed E-state index contributed by atoms with van der Waals surface area (Å²) in [6.07, 6.45) is 0. The number of imide groups is 1. The number of nitrogens with zero attached hydrogens (tertiary/aromatic N) is 1. The van der Waals surface area contributed by atoms with Crippen LogP contribution in [0.4, 0.5) is 0 Å². The maximum Gasteiger partial charge on any atom is 0.252 e. The molecule has 3 N–H and O–H groups in total. The predicted octanol–water partition coefficient (Wildman–Crippen LogP) is -2.19. The molecule has 0 radical (unpaired) electrons. The van der Waals surface area contributed by atoms with Gasteiger partial charge in [-0.3, -0.25) is 19.7 Å². The van der Waals surface area contributed by atoms with Crippen molar-refractivity contribution in [3.05, 3.63) is 0 Å². The molecule has 3 amide bonds. The van der Waals surface area contributed by atoms with E-state index in [-0.39, 0.29) is 18.5 Å². The maximum absolute atomic E-state index is 12.4. The Balaban J connectivity index is 2.16. The SMILES string of the molecule is CC1(C)C(=O)NC(=O)CN1C(=O)C1CNCCN1. The highest BCUT2D eigenvalue weighted by Gasteiger charge is 2.45. The monoisotopic (exact) mass is 254 g/mol. The van der Waals surface area contributed by atoms with E-state index in [0.717, 1.165) is 6.54 Å². The van der Waals surface area contributed by atoms with Crippen molar-refractivity contribution >= 4 is 17.7 Å². The van der Waals surface area contributed by atoms with Crippen LogP contribution < -0.4 is 16.0 Å². The summed E-state index contributed by atoms with van der Waals surface area (Å²) in [5.41, 5.74) is -0.996. The molecule has 2 aliphatic heterocycles. The van der Waals surface area contributed by atoms with E-state index in [9.17, 15) is 14.4 Å². The minimum Gasteiger partial charge on any atom is -0.318 e. The molecule has 0 aromatic rings. The number of carbonyl (C=O) groups is 3. The van der Waals surface area contributed by atoms with Crippen molar-refractivity contribution in [2.75, 3.05) is 26.2 Å². The van der Waals surface area contributed by atoms with Crippen LogP contribution in [0, 0.1) is 0 Å². The average molecular weight is 254 g/mol. The first kappa shape index (κ1) is 13.0. The summed E-state index contributed by atoms with van der Waals surface area (Å²) in [4.78, 5) is 36.9. The largest absolute Gasteiger partial charge is 0.318 e. The molecule has 0 aromatic carbocycles. The highest BCUT2D eigenvalue weighted by molar-refractivity contribution is 6.06. The summed E-state index contributed by atoms with van der Waals surface area (Å²) in [7, 11) is 0. The minimum atomic E-state index is -0.996. The summed E-state index contributed by atoms with van der Waals surface area (Å²) in [5.74, 6) is -1.08. The van der Waals surface area contributed by atoms with Gasteiger partial charge in [0.25, 0.3) is 5.91 Å². The number of hydrogen-bond donors (Lipinski definition) is 3. The van der Waals surface area contributed by atoms with Crippen LogP contribution in [-0.4, -0.2) is 60.4 Å². The van der Waals surface area contributed by atoms with Crippen LogP contribution in [0.1, 0.15) is 13.8 Å². The van der Waals surface area contributed by atoms with E-state index in [1.165, 1.54) is 4.90 Å². The number of carbonyl (C=O) groups excluding carboxylic acids is 3. The van der Waals surface area contributed by atoms with Gasteiger partial charge >= 0.3 is 0 Å². The summed E-state index contributed by atoms with van der Waals surface area (Å²) in [6, 6.07) is -0.378. The lowest BCUT2D eigenvalue weighted by molar-refractivity contribution is -0.156. The van der Waals surface area contributed by atoms with Gasteiger partial charge < -0.3 is 15.5 Å².